The minimum absolute atomic E-state index is 0.623. The third kappa shape index (κ3) is 3.90. The Labute approximate surface area is 82.9 Å². The molecule has 0 heterocycles. The molecule has 0 radical (unpaired) electrons. The Morgan fingerprint density at radius 2 is 1.75 bits per heavy atom. The summed E-state index contributed by atoms with van der Waals surface area (Å²) in [6.45, 7) is 5.62. The Bertz CT molecular complexity index is 219. The summed E-state index contributed by atoms with van der Waals surface area (Å²) in [5, 5.41) is 0. The standard InChI is InChI=1S/C8H17BrO2S/c1-4-5-6-7-8(2,3)12(9,10)11/h4-7H2,1-3H3. The van der Waals surface area contributed by atoms with Crippen LogP contribution in [0.15, 0.2) is 0 Å². The van der Waals surface area contributed by atoms with Gasteiger partial charge in [-0.15, -0.1) is 0 Å². The lowest BCUT2D eigenvalue weighted by Gasteiger charge is -2.20. The maximum atomic E-state index is 11.2. The van der Waals surface area contributed by atoms with Crippen molar-refractivity contribution in [1.82, 2.24) is 0 Å². The fourth-order valence-corrected chi connectivity index (χ4v) is 1.80. The highest BCUT2D eigenvalue weighted by Gasteiger charge is 2.30. The maximum absolute atomic E-state index is 11.2. The van der Waals surface area contributed by atoms with Crippen molar-refractivity contribution in [3.63, 3.8) is 0 Å². The van der Waals surface area contributed by atoms with Crippen molar-refractivity contribution in [2.24, 2.45) is 0 Å². The molecule has 0 amide bonds. The van der Waals surface area contributed by atoms with Gasteiger partial charge in [0.25, 0.3) is 0 Å². The molecule has 0 bridgehead atoms. The summed E-state index contributed by atoms with van der Waals surface area (Å²) in [6, 6.07) is 0. The van der Waals surface area contributed by atoms with Crippen LogP contribution in [0.2, 0.25) is 0 Å². The van der Waals surface area contributed by atoms with Crippen LogP contribution in [0.4, 0.5) is 0 Å². The summed E-state index contributed by atoms with van der Waals surface area (Å²) in [5.74, 6) is 0. The predicted molar refractivity (Wildman–Crippen MR) is 56.1 cm³/mol. The molecule has 0 aromatic rings. The molecule has 0 N–H and O–H groups in total. The van der Waals surface area contributed by atoms with E-state index in [1.54, 1.807) is 13.8 Å². The van der Waals surface area contributed by atoms with E-state index in [1.165, 1.54) is 0 Å². The fraction of sp³-hybridized carbons (Fsp3) is 1.00. The third-order valence-electron chi connectivity index (χ3n) is 2.04. The van der Waals surface area contributed by atoms with Crippen molar-refractivity contribution in [2.75, 3.05) is 0 Å². The van der Waals surface area contributed by atoms with Crippen LogP contribution in [0.3, 0.4) is 0 Å². The number of rotatable bonds is 5. The lowest BCUT2D eigenvalue weighted by molar-refractivity contribution is 0.519. The molecule has 0 atom stereocenters. The smallest absolute Gasteiger partial charge is 0.214 e. The topological polar surface area (TPSA) is 34.1 Å². The van der Waals surface area contributed by atoms with Gasteiger partial charge in [-0.2, -0.15) is 0 Å². The molecule has 0 aliphatic heterocycles. The quantitative estimate of drug-likeness (QED) is 0.560. The first kappa shape index (κ1) is 12.4. The summed E-state index contributed by atoms with van der Waals surface area (Å²) in [6.07, 6.45) is 3.94. The zero-order valence-electron chi connectivity index (χ0n) is 7.93. The minimum atomic E-state index is -3.07. The van der Waals surface area contributed by atoms with E-state index in [1.807, 2.05) is 0 Å². The molecular weight excluding hydrogens is 240 g/mol. The highest BCUT2D eigenvalue weighted by Crippen LogP contribution is 2.28. The second-order valence-electron chi connectivity index (χ2n) is 3.65. The normalized spacial score (nSPS) is 13.3. The molecule has 2 nitrogen and oxygen atoms in total. The Hall–Kier alpha value is 0.430. The summed E-state index contributed by atoms with van der Waals surface area (Å²) in [4.78, 5) is 0. The molecule has 0 unspecified atom stereocenters. The average molecular weight is 257 g/mol. The van der Waals surface area contributed by atoms with Crippen LogP contribution >= 0.6 is 14.8 Å². The van der Waals surface area contributed by atoms with Gasteiger partial charge in [0.2, 0.25) is 8.27 Å². The van der Waals surface area contributed by atoms with Crippen molar-refractivity contribution < 1.29 is 8.42 Å². The van der Waals surface area contributed by atoms with E-state index in [2.05, 4.69) is 21.7 Å². The zero-order valence-corrected chi connectivity index (χ0v) is 10.3. The largest absolute Gasteiger partial charge is 0.217 e. The molecule has 74 valence electrons. The number of hydrogen-bond acceptors (Lipinski definition) is 2. The van der Waals surface area contributed by atoms with Gasteiger partial charge in [-0.05, 0) is 20.3 Å². The fourth-order valence-electron chi connectivity index (χ4n) is 0.923. The van der Waals surface area contributed by atoms with E-state index in [0.29, 0.717) is 0 Å². The molecule has 4 heteroatoms. The zero-order chi connectivity index (χ0) is 9.83. The monoisotopic (exact) mass is 256 g/mol. The van der Waals surface area contributed by atoms with Gasteiger partial charge in [-0.25, -0.2) is 8.42 Å². The predicted octanol–water partition coefficient (Wildman–Crippen LogP) is 3.07. The van der Waals surface area contributed by atoms with Gasteiger partial charge in [0, 0.05) is 0 Å². The van der Waals surface area contributed by atoms with Crippen LogP contribution < -0.4 is 0 Å². The maximum Gasteiger partial charge on any atom is 0.214 e. The molecule has 0 fully saturated rings. The first-order valence-electron chi connectivity index (χ1n) is 4.25. The molecule has 0 aliphatic carbocycles. The lowest BCUT2D eigenvalue weighted by Crippen LogP contribution is -2.27. The van der Waals surface area contributed by atoms with Crippen LogP contribution in [0.5, 0.6) is 0 Å². The second-order valence-corrected chi connectivity index (χ2v) is 8.19. The van der Waals surface area contributed by atoms with Gasteiger partial charge < -0.3 is 0 Å². The summed E-state index contributed by atoms with van der Waals surface area (Å²) < 4.78 is 21.7. The molecule has 12 heavy (non-hydrogen) atoms. The minimum Gasteiger partial charge on any atom is -0.217 e. The highest BCUT2D eigenvalue weighted by molar-refractivity contribution is 9.47. The van der Waals surface area contributed by atoms with E-state index < -0.39 is 13.0 Å². The summed E-state index contributed by atoms with van der Waals surface area (Å²) in [5.41, 5.74) is 0. The SMILES string of the molecule is CCCCCC(C)(C)S(=O)(=O)Br. The second kappa shape index (κ2) is 4.61. The summed E-state index contributed by atoms with van der Waals surface area (Å²) in [7, 11) is -3.07. The van der Waals surface area contributed by atoms with E-state index >= 15 is 0 Å². The molecule has 0 aliphatic rings. The highest BCUT2D eigenvalue weighted by atomic mass is 79.9. The van der Waals surface area contributed by atoms with Crippen LogP contribution in [0.25, 0.3) is 0 Å². The molecule has 0 aromatic carbocycles. The van der Waals surface area contributed by atoms with E-state index in [9.17, 15) is 8.42 Å². The van der Waals surface area contributed by atoms with Crippen LogP contribution in [0.1, 0.15) is 46.5 Å². The molecule has 0 rings (SSSR count). The van der Waals surface area contributed by atoms with Gasteiger partial charge >= 0.3 is 0 Å². The molecule has 0 aromatic heterocycles. The average Bonchev–Trinajstić information content (AvgIpc) is 1.85. The Morgan fingerprint density at radius 1 is 1.25 bits per heavy atom. The van der Waals surface area contributed by atoms with Crippen molar-refractivity contribution >= 4 is 23.1 Å². The molecular formula is C8H17BrO2S. The third-order valence-corrected chi connectivity index (χ3v) is 6.20. The Balaban J connectivity index is 4.06. The van der Waals surface area contributed by atoms with Crippen LogP contribution in [-0.2, 0) is 8.27 Å². The number of unbranched alkanes of at least 4 members (excludes halogenated alkanes) is 2. The first-order valence-corrected chi connectivity index (χ1v) is 7.58. The Morgan fingerprint density at radius 3 is 2.08 bits per heavy atom. The summed E-state index contributed by atoms with van der Waals surface area (Å²) >= 11 is 2.72. The number of hydrogen-bond donors (Lipinski definition) is 0. The van der Waals surface area contributed by atoms with Gasteiger partial charge in [0.15, 0.2) is 0 Å². The van der Waals surface area contributed by atoms with Gasteiger partial charge in [0.05, 0.1) is 19.6 Å². The van der Waals surface area contributed by atoms with E-state index in [4.69, 9.17) is 0 Å². The molecule has 0 saturated heterocycles. The van der Waals surface area contributed by atoms with Crippen LogP contribution in [-0.4, -0.2) is 13.2 Å². The first-order chi connectivity index (χ1) is 5.31. The lowest BCUT2D eigenvalue weighted by atomic mass is 10.0. The Kier molecular flexibility index (Phi) is 4.77. The van der Waals surface area contributed by atoms with E-state index in [-0.39, 0.29) is 0 Å². The van der Waals surface area contributed by atoms with Crippen molar-refractivity contribution in [2.45, 2.75) is 51.2 Å². The number of halogens is 1. The van der Waals surface area contributed by atoms with Crippen molar-refractivity contribution in [1.29, 1.82) is 0 Å². The van der Waals surface area contributed by atoms with Crippen LogP contribution in [0, 0.1) is 0 Å². The molecule has 0 spiro atoms. The van der Waals surface area contributed by atoms with Gasteiger partial charge in [0.1, 0.15) is 0 Å². The van der Waals surface area contributed by atoms with Crippen molar-refractivity contribution in [3.8, 4) is 0 Å². The van der Waals surface area contributed by atoms with Gasteiger partial charge in [-0.1, -0.05) is 26.2 Å². The van der Waals surface area contributed by atoms with Crippen molar-refractivity contribution in [3.05, 3.63) is 0 Å². The van der Waals surface area contributed by atoms with Gasteiger partial charge in [-0.3, -0.25) is 0 Å². The van der Waals surface area contributed by atoms with E-state index in [0.717, 1.165) is 25.7 Å². The molecule has 0 saturated carbocycles.